The fourth-order valence-electron chi connectivity index (χ4n) is 2.83. The van der Waals surface area contributed by atoms with Crippen molar-refractivity contribution in [2.45, 2.75) is 19.8 Å². The minimum Gasteiger partial charge on any atom is -0.351 e. The second-order valence-electron chi connectivity index (χ2n) is 6.57. The molecule has 1 aromatic heterocycles. The van der Waals surface area contributed by atoms with Crippen molar-refractivity contribution in [2.75, 3.05) is 10.6 Å². The van der Waals surface area contributed by atoms with Gasteiger partial charge in [-0.3, -0.25) is 9.59 Å². The highest BCUT2D eigenvalue weighted by Crippen LogP contribution is 2.30. The number of anilines is 2. The van der Waals surface area contributed by atoms with Crippen molar-refractivity contribution in [1.29, 1.82) is 0 Å². The number of carbonyl (C=O) groups is 2. The minimum absolute atomic E-state index is 0.0504. The SMILES string of the molecule is Cc1ccc2cc(C(=O)Nc3cccc(NC(=O)C4CC4)c3)[nH]c2c1. The molecule has 1 heterocycles. The van der Waals surface area contributed by atoms with E-state index < -0.39 is 0 Å². The van der Waals surface area contributed by atoms with Crippen molar-refractivity contribution in [3.63, 3.8) is 0 Å². The molecule has 5 heteroatoms. The lowest BCUT2D eigenvalue weighted by molar-refractivity contribution is -0.117. The Morgan fingerprint density at radius 1 is 1.00 bits per heavy atom. The number of rotatable bonds is 4. The summed E-state index contributed by atoms with van der Waals surface area (Å²) in [5.41, 5.74) is 3.93. The summed E-state index contributed by atoms with van der Waals surface area (Å²) in [5, 5.41) is 6.76. The number of hydrogen-bond acceptors (Lipinski definition) is 2. The summed E-state index contributed by atoms with van der Waals surface area (Å²) in [6.07, 6.45) is 1.92. The molecule has 0 bridgehead atoms. The molecule has 3 N–H and O–H groups in total. The molecule has 1 saturated carbocycles. The lowest BCUT2D eigenvalue weighted by atomic mass is 10.2. The summed E-state index contributed by atoms with van der Waals surface area (Å²) in [4.78, 5) is 27.5. The summed E-state index contributed by atoms with van der Waals surface area (Å²) < 4.78 is 0. The molecule has 0 unspecified atom stereocenters. The van der Waals surface area contributed by atoms with Gasteiger partial charge in [-0.15, -0.1) is 0 Å². The van der Waals surface area contributed by atoms with E-state index in [1.807, 2.05) is 43.3 Å². The number of aryl methyl sites for hydroxylation is 1. The maximum atomic E-state index is 12.5. The predicted molar refractivity (Wildman–Crippen MR) is 98.8 cm³/mol. The summed E-state index contributed by atoms with van der Waals surface area (Å²) >= 11 is 0. The molecule has 5 nitrogen and oxygen atoms in total. The van der Waals surface area contributed by atoms with E-state index in [9.17, 15) is 9.59 Å². The van der Waals surface area contributed by atoms with Gasteiger partial charge < -0.3 is 15.6 Å². The van der Waals surface area contributed by atoms with E-state index in [0.29, 0.717) is 17.1 Å². The molecule has 25 heavy (non-hydrogen) atoms. The smallest absolute Gasteiger partial charge is 0.272 e. The van der Waals surface area contributed by atoms with Crippen molar-refractivity contribution in [1.82, 2.24) is 4.98 Å². The molecule has 2 aromatic carbocycles. The third kappa shape index (κ3) is 3.40. The molecule has 0 atom stereocenters. The van der Waals surface area contributed by atoms with E-state index in [-0.39, 0.29) is 17.7 Å². The highest BCUT2D eigenvalue weighted by molar-refractivity contribution is 6.06. The van der Waals surface area contributed by atoms with Crippen LogP contribution in [0.4, 0.5) is 11.4 Å². The third-order valence-corrected chi connectivity index (χ3v) is 4.36. The van der Waals surface area contributed by atoms with Crippen LogP contribution in [0.5, 0.6) is 0 Å². The predicted octanol–water partition coefficient (Wildman–Crippen LogP) is 4.08. The number of hydrogen-bond donors (Lipinski definition) is 3. The van der Waals surface area contributed by atoms with E-state index in [1.54, 1.807) is 12.1 Å². The van der Waals surface area contributed by atoms with Gasteiger partial charge in [0.1, 0.15) is 5.69 Å². The number of benzene rings is 2. The number of aromatic amines is 1. The van der Waals surface area contributed by atoms with Gasteiger partial charge >= 0.3 is 0 Å². The van der Waals surface area contributed by atoms with Crippen LogP contribution >= 0.6 is 0 Å². The molecule has 3 aromatic rings. The highest BCUT2D eigenvalue weighted by Gasteiger charge is 2.29. The topological polar surface area (TPSA) is 74.0 Å². The quantitative estimate of drug-likeness (QED) is 0.673. The van der Waals surface area contributed by atoms with Gasteiger partial charge in [-0.2, -0.15) is 0 Å². The van der Waals surface area contributed by atoms with Gasteiger partial charge in [0.05, 0.1) is 0 Å². The van der Waals surface area contributed by atoms with Crippen molar-refractivity contribution < 1.29 is 9.59 Å². The summed E-state index contributed by atoms with van der Waals surface area (Å²) in [6.45, 7) is 2.02. The molecule has 4 rings (SSSR count). The molecule has 1 fully saturated rings. The molecular formula is C20H19N3O2. The van der Waals surface area contributed by atoms with Crippen LogP contribution in [0, 0.1) is 12.8 Å². The first-order valence-corrected chi connectivity index (χ1v) is 8.40. The van der Waals surface area contributed by atoms with E-state index in [2.05, 4.69) is 15.6 Å². The number of aromatic nitrogens is 1. The second-order valence-corrected chi connectivity index (χ2v) is 6.57. The van der Waals surface area contributed by atoms with Gasteiger partial charge in [0.2, 0.25) is 5.91 Å². The first-order valence-electron chi connectivity index (χ1n) is 8.40. The standard InChI is InChI=1S/C20H19N3O2/c1-12-5-6-14-10-18(23-17(14)9-12)20(25)22-16-4-2-3-15(11-16)21-19(24)13-7-8-13/h2-6,9-11,13,23H,7-8H2,1H3,(H,21,24)(H,22,25). The Kier molecular flexibility index (Phi) is 3.76. The zero-order chi connectivity index (χ0) is 17.4. The average Bonchev–Trinajstić information content (AvgIpc) is 3.35. The van der Waals surface area contributed by atoms with E-state index >= 15 is 0 Å². The Labute approximate surface area is 145 Å². The van der Waals surface area contributed by atoms with Crippen LogP contribution in [0.15, 0.2) is 48.5 Å². The monoisotopic (exact) mass is 333 g/mol. The van der Waals surface area contributed by atoms with Crippen LogP contribution in [-0.4, -0.2) is 16.8 Å². The van der Waals surface area contributed by atoms with Crippen molar-refractivity contribution in [2.24, 2.45) is 5.92 Å². The molecule has 0 radical (unpaired) electrons. The average molecular weight is 333 g/mol. The molecule has 0 saturated heterocycles. The Morgan fingerprint density at radius 2 is 1.76 bits per heavy atom. The fraction of sp³-hybridized carbons (Fsp3) is 0.200. The zero-order valence-electron chi connectivity index (χ0n) is 13.9. The third-order valence-electron chi connectivity index (χ3n) is 4.36. The maximum Gasteiger partial charge on any atom is 0.272 e. The largest absolute Gasteiger partial charge is 0.351 e. The van der Waals surface area contributed by atoms with Crippen LogP contribution in [0.3, 0.4) is 0 Å². The number of nitrogens with one attached hydrogen (secondary N) is 3. The highest BCUT2D eigenvalue weighted by atomic mass is 16.2. The first kappa shape index (κ1) is 15.4. The number of carbonyl (C=O) groups excluding carboxylic acids is 2. The molecule has 0 aliphatic heterocycles. The van der Waals surface area contributed by atoms with Crippen LogP contribution in [0.2, 0.25) is 0 Å². The number of amides is 2. The van der Waals surface area contributed by atoms with E-state index in [0.717, 1.165) is 29.3 Å². The van der Waals surface area contributed by atoms with Crippen LogP contribution in [0.25, 0.3) is 10.9 Å². The van der Waals surface area contributed by atoms with Crippen molar-refractivity contribution >= 4 is 34.1 Å². The molecule has 2 amide bonds. The Bertz CT molecular complexity index is 970. The number of fused-ring (bicyclic) bond motifs is 1. The molecule has 1 aliphatic rings. The van der Waals surface area contributed by atoms with Crippen LogP contribution in [0.1, 0.15) is 28.9 Å². The second kappa shape index (κ2) is 6.09. The van der Waals surface area contributed by atoms with Crippen LogP contribution in [-0.2, 0) is 4.79 Å². The van der Waals surface area contributed by atoms with Gasteiger partial charge in [-0.05, 0) is 55.7 Å². The zero-order valence-corrected chi connectivity index (χ0v) is 13.9. The molecule has 126 valence electrons. The molecular weight excluding hydrogens is 314 g/mol. The van der Waals surface area contributed by atoms with E-state index in [4.69, 9.17) is 0 Å². The maximum absolute atomic E-state index is 12.5. The lowest BCUT2D eigenvalue weighted by Crippen LogP contribution is -2.15. The van der Waals surface area contributed by atoms with Gasteiger partial charge in [-0.25, -0.2) is 0 Å². The van der Waals surface area contributed by atoms with E-state index in [1.165, 1.54) is 0 Å². The normalized spacial score (nSPS) is 13.6. The van der Waals surface area contributed by atoms with Crippen LogP contribution < -0.4 is 10.6 Å². The van der Waals surface area contributed by atoms with Gasteiger partial charge in [0, 0.05) is 28.2 Å². The minimum atomic E-state index is -0.209. The summed E-state index contributed by atoms with van der Waals surface area (Å²) in [7, 11) is 0. The number of H-pyrrole nitrogens is 1. The lowest BCUT2D eigenvalue weighted by Gasteiger charge is -2.08. The first-order chi connectivity index (χ1) is 12.1. The van der Waals surface area contributed by atoms with Gasteiger partial charge in [-0.1, -0.05) is 18.2 Å². The van der Waals surface area contributed by atoms with Crippen molar-refractivity contribution in [3.05, 3.63) is 59.8 Å². The fourth-order valence-corrected chi connectivity index (χ4v) is 2.83. The molecule has 1 aliphatic carbocycles. The van der Waals surface area contributed by atoms with Gasteiger partial charge in [0.25, 0.3) is 5.91 Å². The molecule has 0 spiro atoms. The Hall–Kier alpha value is -3.08. The summed E-state index contributed by atoms with van der Waals surface area (Å²) in [6, 6.07) is 15.1. The van der Waals surface area contributed by atoms with Crippen molar-refractivity contribution in [3.8, 4) is 0 Å². The Morgan fingerprint density at radius 3 is 2.52 bits per heavy atom. The van der Waals surface area contributed by atoms with Gasteiger partial charge in [0.15, 0.2) is 0 Å². The summed E-state index contributed by atoms with van der Waals surface area (Å²) in [5.74, 6) is -0.0120. The Balaban J connectivity index is 1.50.